The minimum atomic E-state index is -4.59. The zero-order chi connectivity index (χ0) is 18.4. The van der Waals surface area contributed by atoms with Crippen LogP contribution in [0.2, 0.25) is 0 Å². The quantitative estimate of drug-likeness (QED) is 0.871. The maximum absolute atomic E-state index is 12.9. The third-order valence-electron chi connectivity index (χ3n) is 4.77. The van der Waals surface area contributed by atoms with Crippen molar-refractivity contribution >= 4 is 15.7 Å². The molecule has 6 nitrogen and oxygen atoms in total. The number of alkyl halides is 3. The van der Waals surface area contributed by atoms with E-state index in [1.54, 1.807) is 0 Å². The van der Waals surface area contributed by atoms with E-state index in [0.29, 0.717) is 38.5 Å². The van der Waals surface area contributed by atoms with Crippen molar-refractivity contribution < 1.29 is 26.4 Å². The summed E-state index contributed by atoms with van der Waals surface area (Å²) in [6.07, 6.45) is -0.108. The van der Waals surface area contributed by atoms with Crippen LogP contribution in [0.1, 0.15) is 60.7 Å². The summed E-state index contributed by atoms with van der Waals surface area (Å²) in [6, 6.07) is 0.399. The molecule has 0 aromatic carbocycles. The lowest BCUT2D eigenvalue weighted by Crippen LogP contribution is -2.40. The van der Waals surface area contributed by atoms with Gasteiger partial charge >= 0.3 is 6.18 Å². The van der Waals surface area contributed by atoms with E-state index in [-0.39, 0.29) is 17.8 Å². The third-order valence-corrected chi connectivity index (χ3v) is 6.45. The first-order chi connectivity index (χ1) is 11.6. The number of carbonyl (C=O) groups is 1. The fourth-order valence-electron chi connectivity index (χ4n) is 3.19. The standard InChI is InChI=1S/C15H20F3N3O3S/c1-25(23,24)11-6-2-9(3-7-11)19-14(22)12-8-13(15(16,17)18)20-21(12)10-4-5-10/h8-11H,2-7H2,1H3,(H,19,22). The highest BCUT2D eigenvalue weighted by Gasteiger charge is 2.39. The monoisotopic (exact) mass is 379 g/mol. The Kier molecular flexibility index (Phi) is 4.59. The van der Waals surface area contributed by atoms with E-state index < -0.39 is 32.9 Å². The molecule has 0 saturated heterocycles. The van der Waals surface area contributed by atoms with Gasteiger partial charge in [0.15, 0.2) is 5.69 Å². The first-order valence-corrected chi connectivity index (χ1v) is 10.2. The third kappa shape index (κ3) is 4.16. The second-order valence-corrected chi connectivity index (χ2v) is 9.19. The van der Waals surface area contributed by atoms with E-state index in [0.717, 1.165) is 6.07 Å². The Hall–Kier alpha value is -1.58. The van der Waals surface area contributed by atoms with Crippen molar-refractivity contribution in [2.45, 2.75) is 62.0 Å². The van der Waals surface area contributed by atoms with Crippen molar-refractivity contribution in [3.63, 3.8) is 0 Å². The molecule has 0 atom stereocenters. The summed E-state index contributed by atoms with van der Waals surface area (Å²) in [5.41, 5.74) is -1.15. The second kappa shape index (κ2) is 6.30. The number of halogens is 3. The first-order valence-electron chi connectivity index (χ1n) is 8.22. The zero-order valence-corrected chi connectivity index (χ0v) is 14.5. The SMILES string of the molecule is CS(=O)(=O)C1CCC(NC(=O)c2cc(C(F)(F)F)nn2C2CC2)CC1. The number of sulfone groups is 1. The highest BCUT2D eigenvalue weighted by molar-refractivity contribution is 7.91. The van der Waals surface area contributed by atoms with Gasteiger partial charge in [0.1, 0.15) is 15.5 Å². The first kappa shape index (κ1) is 18.2. The molecule has 10 heteroatoms. The molecule has 0 bridgehead atoms. The van der Waals surface area contributed by atoms with Crippen LogP contribution in [-0.4, -0.2) is 41.7 Å². The summed E-state index contributed by atoms with van der Waals surface area (Å²) in [6.45, 7) is 0. The maximum Gasteiger partial charge on any atom is 0.435 e. The number of carbonyl (C=O) groups excluding carboxylic acids is 1. The van der Waals surface area contributed by atoms with E-state index in [9.17, 15) is 26.4 Å². The van der Waals surface area contributed by atoms with Crippen LogP contribution >= 0.6 is 0 Å². The summed E-state index contributed by atoms with van der Waals surface area (Å²) in [5.74, 6) is -0.585. The molecule has 0 unspecified atom stereocenters. The van der Waals surface area contributed by atoms with Gasteiger partial charge in [-0.1, -0.05) is 0 Å². The maximum atomic E-state index is 12.9. The Bertz CT molecular complexity index is 761. The second-order valence-electron chi connectivity index (χ2n) is 6.86. The molecular formula is C15H20F3N3O3S. The summed E-state index contributed by atoms with van der Waals surface area (Å²) in [7, 11) is -3.10. The summed E-state index contributed by atoms with van der Waals surface area (Å²) in [4.78, 5) is 12.4. The smallest absolute Gasteiger partial charge is 0.348 e. The topological polar surface area (TPSA) is 81.1 Å². The molecule has 3 rings (SSSR count). The van der Waals surface area contributed by atoms with E-state index >= 15 is 0 Å². The molecule has 140 valence electrons. The molecule has 2 saturated carbocycles. The molecule has 1 aromatic rings. The van der Waals surface area contributed by atoms with Crippen molar-refractivity contribution in [1.82, 2.24) is 15.1 Å². The van der Waals surface area contributed by atoms with Gasteiger partial charge in [0.2, 0.25) is 0 Å². The summed E-state index contributed by atoms with van der Waals surface area (Å²) in [5, 5.41) is 5.88. The van der Waals surface area contributed by atoms with Crippen LogP contribution in [0.25, 0.3) is 0 Å². The Balaban J connectivity index is 1.69. The number of aromatic nitrogens is 2. The van der Waals surface area contributed by atoms with Gasteiger partial charge in [0, 0.05) is 18.4 Å². The van der Waals surface area contributed by atoms with Crippen LogP contribution in [0.3, 0.4) is 0 Å². The molecule has 25 heavy (non-hydrogen) atoms. The minimum Gasteiger partial charge on any atom is -0.348 e. The predicted octanol–water partition coefficient (Wildman–Crippen LogP) is 2.32. The van der Waals surface area contributed by atoms with Crippen LogP contribution in [0.4, 0.5) is 13.2 Å². The number of nitrogens with zero attached hydrogens (tertiary/aromatic N) is 2. The van der Waals surface area contributed by atoms with Crippen molar-refractivity contribution in [2.24, 2.45) is 0 Å². The van der Waals surface area contributed by atoms with Gasteiger partial charge in [-0.15, -0.1) is 0 Å². The van der Waals surface area contributed by atoms with Crippen molar-refractivity contribution in [2.75, 3.05) is 6.26 Å². The van der Waals surface area contributed by atoms with Gasteiger partial charge in [-0.05, 0) is 38.5 Å². The van der Waals surface area contributed by atoms with Crippen molar-refractivity contribution in [3.8, 4) is 0 Å². The lowest BCUT2D eigenvalue weighted by molar-refractivity contribution is -0.141. The van der Waals surface area contributed by atoms with Crippen LogP contribution in [0, 0.1) is 0 Å². The molecule has 2 aliphatic carbocycles. The zero-order valence-electron chi connectivity index (χ0n) is 13.7. The summed E-state index contributed by atoms with van der Waals surface area (Å²) < 4.78 is 62.9. The average Bonchev–Trinajstić information content (AvgIpc) is 3.23. The van der Waals surface area contributed by atoms with Gasteiger partial charge in [0.05, 0.1) is 11.3 Å². The van der Waals surface area contributed by atoms with Gasteiger partial charge in [-0.2, -0.15) is 18.3 Å². The molecule has 1 aromatic heterocycles. The predicted molar refractivity (Wildman–Crippen MR) is 83.9 cm³/mol. The molecule has 0 aliphatic heterocycles. The molecule has 1 heterocycles. The molecule has 0 spiro atoms. The Morgan fingerprint density at radius 2 is 1.80 bits per heavy atom. The fourth-order valence-corrected chi connectivity index (χ4v) is 4.32. The van der Waals surface area contributed by atoms with Gasteiger partial charge in [-0.3, -0.25) is 9.48 Å². The molecule has 2 fully saturated rings. The highest BCUT2D eigenvalue weighted by Crippen LogP contribution is 2.38. The van der Waals surface area contributed by atoms with Gasteiger partial charge in [0.25, 0.3) is 5.91 Å². The molecule has 1 amide bonds. The lowest BCUT2D eigenvalue weighted by atomic mass is 9.95. The van der Waals surface area contributed by atoms with Gasteiger partial charge < -0.3 is 5.32 Å². The fraction of sp³-hybridized carbons (Fsp3) is 0.733. The Morgan fingerprint density at radius 1 is 1.20 bits per heavy atom. The van der Waals surface area contributed by atoms with Crippen LogP contribution in [0.15, 0.2) is 6.07 Å². The van der Waals surface area contributed by atoms with Crippen molar-refractivity contribution in [1.29, 1.82) is 0 Å². The highest BCUT2D eigenvalue weighted by atomic mass is 32.2. The molecular weight excluding hydrogens is 359 g/mol. The van der Waals surface area contributed by atoms with E-state index in [4.69, 9.17) is 0 Å². The van der Waals surface area contributed by atoms with Crippen LogP contribution < -0.4 is 5.32 Å². The average molecular weight is 379 g/mol. The van der Waals surface area contributed by atoms with E-state index in [2.05, 4.69) is 10.4 Å². The largest absolute Gasteiger partial charge is 0.435 e. The number of nitrogens with one attached hydrogen (secondary N) is 1. The van der Waals surface area contributed by atoms with E-state index in [1.165, 1.54) is 10.9 Å². The van der Waals surface area contributed by atoms with Crippen molar-refractivity contribution in [3.05, 3.63) is 17.5 Å². The Labute approximate surface area is 143 Å². The van der Waals surface area contributed by atoms with Crippen LogP contribution in [-0.2, 0) is 16.0 Å². The minimum absolute atomic E-state index is 0.0833. The number of amides is 1. The normalized spacial score (nSPS) is 25.0. The number of hydrogen-bond donors (Lipinski definition) is 1. The lowest BCUT2D eigenvalue weighted by Gasteiger charge is -2.28. The number of hydrogen-bond acceptors (Lipinski definition) is 4. The van der Waals surface area contributed by atoms with Gasteiger partial charge in [-0.25, -0.2) is 8.42 Å². The van der Waals surface area contributed by atoms with Crippen LogP contribution in [0.5, 0.6) is 0 Å². The molecule has 0 radical (unpaired) electrons. The summed E-state index contributed by atoms with van der Waals surface area (Å²) >= 11 is 0. The Morgan fingerprint density at radius 3 is 2.28 bits per heavy atom. The molecule has 1 N–H and O–H groups in total. The number of rotatable bonds is 4. The van der Waals surface area contributed by atoms with E-state index in [1.807, 2.05) is 0 Å². The molecule has 2 aliphatic rings.